The third kappa shape index (κ3) is 6.66. The Balaban J connectivity index is 2.00. The highest BCUT2D eigenvalue weighted by molar-refractivity contribution is 4.88. The van der Waals surface area contributed by atoms with Gasteiger partial charge in [0.25, 0.3) is 0 Å². The molecule has 0 aromatic heterocycles. The van der Waals surface area contributed by atoms with Gasteiger partial charge < -0.3 is 9.84 Å². The van der Waals surface area contributed by atoms with Crippen LogP contribution in [0.5, 0.6) is 0 Å². The van der Waals surface area contributed by atoms with Gasteiger partial charge in [0, 0.05) is 0 Å². The number of aliphatic hydroxyl groups is 1. The van der Waals surface area contributed by atoms with E-state index in [0.29, 0.717) is 6.61 Å². The van der Waals surface area contributed by atoms with Gasteiger partial charge in [-0.25, -0.2) is 0 Å². The van der Waals surface area contributed by atoms with E-state index in [0.717, 1.165) is 12.8 Å². The first kappa shape index (κ1) is 18.9. The van der Waals surface area contributed by atoms with Crippen LogP contribution in [0.1, 0.15) is 85.0 Å². The highest BCUT2D eigenvalue weighted by Crippen LogP contribution is 2.28. The molecule has 0 aromatic carbocycles. The van der Waals surface area contributed by atoms with Crippen molar-refractivity contribution in [3.8, 4) is 0 Å². The second-order valence-corrected chi connectivity index (χ2v) is 7.12. The zero-order valence-electron chi connectivity index (χ0n) is 14.7. The number of aliphatic hydroxyl groups excluding tert-OH is 1. The largest absolute Gasteiger partial charge is 0.391 e. The molecule has 21 heavy (non-hydrogen) atoms. The van der Waals surface area contributed by atoms with E-state index in [4.69, 9.17) is 4.74 Å². The summed E-state index contributed by atoms with van der Waals surface area (Å²) >= 11 is 0. The number of unbranched alkanes of at least 4 members (excludes halogenated alkanes) is 8. The number of rotatable bonds is 11. The molecule has 1 heterocycles. The second kappa shape index (κ2) is 9.81. The lowest BCUT2D eigenvalue weighted by Gasteiger charge is -2.31. The molecule has 1 fully saturated rings. The average molecular weight is 299 g/mol. The maximum atomic E-state index is 10.3. The van der Waals surface area contributed by atoms with Crippen LogP contribution in [0.25, 0.3) is 0 Å². The Morgan fingerprint density at radius 3 is 2.05 bits per heavy atom. The van der Waals surface area contributed by atoms with Gasteiger partial charge >= 0.3 is 0 Å². The Kier molecular flexibility index (Phi) is 8.84. The van der Waals surface area contributed by atoms with Gasteiger partial charge in [-0.1, -0.05) is 64.7 Å². The molecule has 1 N–H and O–H groups in total. The third-order valence-corrected chi connectivity index (χ3v) is 5.00. The van der Waals surface area contributed by atoms with E-state index in [1.54, 1.807) is 0 Å². The molecule has 3 heteroatoms. The van der Waals surface area contributed by atoms with Gasteiger partial charge in [-0.05, 0) is 27.3 Å². The lowest BCUT2D eigenvalue weighted by molar-refractivity contribution is -0.0464. The molecule has 1 unspecified atom stereocenters. The number of nitrogens with zero attached hydrogens (tertiary/aromatic N) is 1. The lowest BCUT2D eigenvalue weighted by Crippen LogP contribution is -2.45. The normalized spacial score (nSPS) is 23.6. The fourth-order valence-electron chi connectivity index (χ4n) is 3.13. The van der Waals surface area contributed by atoms with Crippen LogP contribution in [0.3, 0.4) is 0 Å². The molecule has 0 radical (unpaired) electrons. The van der Waals surface area contributed by atoms with E-state index in [1.165, 1.54) is 51.4 Å². The molecule has 0 saturated carbocycles. The molecule has 0 spiro atoms. The predicted octanol–water partition coefficient (Wildman–Crippen LogP) is 4.33. The van der Waals surface area contributed by atoms with Crippen molar-refractivity contribution in [2.75, 3.05) is 13.7 Å². The Labute approximate surface area is 132 Å². The summed E-state index contributed by atoms with van der Waals surface area (Å²) in [6.45, 7) is 7.05. The van der Waals surface area contributed by atoms with Crippen molar-refractivity contribution < 1.29 is 9.84 Å². The highest BCUT2D eigenvalue weighted by Gasteiger charge is 2.40. The Morgan fingerprint density at radius 2 is 1.57 bits per heavy atom. The summed E-state index contributed by atoms with van der Waals surface area (Å²) in [6.07, 6.45) is 12.6. The first-order valence-electron chi connectivity index (χ1n) is 9.04. The van der Waals surface area contributed by atoms with Crippen LogP contribution in [0.2, 0.25) is 0 Å². The number of likely N-dealkylation sites (N-methyl/N-ethyl adjacent to an activating group) is 1. The van der Waals surface area contributed by atoms with E-state index in [-0.39, 0.29) is 17.9 Å². The van der Waals surface area contributed by atoms with Crippen LogP contribution < -0.4 is 0 Å². The highest BCUT2D eigenvalue weighted by atomic mass is 16.5. The van der Waals surface area contributed by atoms with Crippen LogP contribution in [0.15, 0.2) is 0 Å². The van der Waals surface area contributed by atoms with Crippen LogP contribution in [0, 0.1) is 0 Å². The van der Waals surface area contributed by atoms with E-state index in [2.05, 4.69) is 32.7 Å². The summed E-state index contributed by atoms with van der Waals surface area (Å²) in [7, 11) is 2.05. The number of hydrogen-bond donors (Lipinski definition) is 1. The maximum absolute atomic E-state index is 10.3. The Bertz CT molecular complexity index is 268. The zero-order chi connectivity index (χ0) is 15.7. The SMILES string of the molecule is CCCCCCCCCCCC(O)[C@@H]1COC(C)(C)N1C. The van der Waals surface area contributed by atoms with E-state index in [9.17, 15) is 5.11 Å². The first-order chi connectivity index (χ1) is 9.99. The van der Waals surface area contributed by atoms with E-state index in [1.807, 2.05) is 0 Å². The van der Waals surface area contributed by atoms with Crippen LogP contribution in [0.4, 0.5) is 0 Å². The topological polar surface area (TPSA) is 32.7 Å². The van der Waals surface area contributed by atoms with Crippen molar-refractivity contribution in [1.82, 2.24) is 4.90 Å². The molecule has 1 aliphatic heterocycles. The van der Waals surface area contributed by atoms with Gasteiger partial charge in [-0.15, -0.1) is 0 Å². The maximum Gasteiger partial charge on any atom is 0.116 e. The smallest absolute Gasteiger partial charge is 0.116 e. The minimum Gasteiger partial charge on any atom is -0.391 e. The Hall–Kier alpha value is -0.120. The summed E-state index contributed by atoms with van der Waals surface area (Å²) in [6, 6.07) is 0.161. The fraction of sp³-hybridized carbons (Fsp3) is 1.00. The summed E-state index contributed by atoms with van der Waals surface area (Å²) in [5.41, 5.74) is -0.232. The second-order valence-electron chi connectivity index (χ2n) is 7.12. The van der Waals surface area contributed by atoms with Crippen LogP contribution >= 0.6 is 0 Å². The molecule has 2 atom stereocenters. The molecular weight excluding hydrogens is 262 g/mol. The van der Waals surface area contributed by atoms with E-state index < -0.39 is 0 Å². The summed E-state index contributed by atoms with van der Waals surface area (Å²) in [5.74, 6) is 0. The van der Waals surface area contributed by atoms with Gasteiger partial charge in [0.05, 0.1) is 18.8 Å². The van der Waals surface area contributed by atoms with Crippen molar-refractivity contribution >= 4 is 0 Å². The van der Waals surface area contributed by atoms with Gasteiger partial charge in [0.2, 0.25) is 0 Å². The minimum atomic E-state index is -0.249. The van der Waals surface area contributed by atoms with Crippen LogP contribution in [-0.4, -0.2) is 41.5 Å². The molecule has 0 aromatic rings. The molecule has 126 valence electrons. The van der Waals surface area contributed by atoms with Crippen molar-refractivity contribution in [1.29, 1.82) is 0 Å². The molecule has 1 rings (SSSR count). The van der Waals surface area contributed by atoms with Crippen molar-refractivity contribution in [2.24, 2.45) is 0 Å². The van der Waals surface area contributed by atoms with Crippen molar-refractivity contribution in [2.45, 2.75) is 103 Å². The van der Waals surface area contributed by atoms with Gasteiger partial charge in [-0.2, -0.15) is 0 Å². The van der Waals surface area contributed by atoms with Gasteiger partial charge in [0.15, 0.2) is 0 Å². The lowest BCUT2D eigenvalue weighted by atomic mass is 10.0. The standard InChI is InChI=1S/C18H37NO2/c1-5-6-7-8-9-10-11-12-13-14-17(20)16-15-21-18(2,3)19(16)4/h16-17,20H,5-15H2,1-4H3/t16-,17?/m0/s1. The average Bonchev–Trinajstić information content (AvgIpc) is 2.71. The Morgan fingerprint density at radius 1 is 1.05 bits per heavy atom. The minimum absolute atomic E-state index is 0.161. The van der Waals surface area contributed by atoms with Gasteiger partial charge in [-0.3, -0.25) is 4.90 Å². The molecule has 3 nitrogen and oxygen atoms in total. The van der Waals surface area contributed by atoms with Crippen LogP contribution in [-0.2, 0) is 4.74 Å². The third-order valence-electron chi connectivity index (χ3n) is 5.00. The van der Waals surface area contributed by atoms with E-state index >= 15 is 0 Å². The predicted molar refractivity (Wildman–Crippen MR) is 89.4 cm³/mol. The summed E-state index contributed by atoms with van der Waals surface area (Å²) in [4.78, 5) is 2.17. The van der Waals surface area contributed by atoms with Crippen molar-refractivity contribution in [3.05, 3.63) is 0 Å². The molecule has 1 aliphatic rings. The molecule has 0 aliphatic carbocycles. The fourth-order valence-corrected chi connectivity index (χ4v) is 3.13. The molecule has 1 saturated heterocycles. The number of ether oxygens (including phenoxy) is 1. The summed E-state index contributed by atoms with van der Waals surface area (Å²) in [5, 5.41) is 10.3. The van der Waals surface area contributed by atoms with Crippen molar-refractivity contribution in [3.63, 3.8) is 0 Å². The molecule has 0 amide bonds. The number of hydrogen-bond acceptors (Lipinski definition) is 3. The quantitative estimate of drug-likeness (QED) is 0.576. The molecule has 0 bridgehead atoms. The van der Waals surface area contributed by atoms with Gasteiger partial charge in [0.1, 0.15) is 5.72 Å². The first-order valence-corrected chi connectivity index (χ1v) is 9.04. The molecular formula is C18H37NO2. The summed E-state index contributed by atoms with van der Waals surface area (Å²) < 4.78 is 5.74. The monoisotopic (exact) mass is 299 g/mol. The zero-order valence-corrected chi connectivity index (χ0v) is 14.7.